The summed E-state index contributed by atoms with van der Waals surface area (Å²) in [6, 6.07) is 8.00. The maximum absolute atomic E-state index is 12.8. The third-order valence-corrected chi connectivity index (χ3v) is 5.05. The summed E-state index contributed by atoms with van der Waals surface area (Å²) in [5, 5.41) is 0. The van der Waals surface area contributed by atoms with Gasteiger partial charge in [-0.25, -0.2) is 4.21 Å². The Morgan fingerprint density at radius 2 is 1.90 bits per heavy atom. The summed E-state index contributed by atoms with van der Waals surface area (Å²) in [5.74, 6) is 0. The Morgan fingerprint density at radius 1 is 1.25 bits per heavy atom. The first-order valence-corrected chi connectivity index (χ1v) is 8.59. The Morgan fingerprint density at radius 3 is 2.40 bits per heavy atom. The zero-order valence-electron chi connectivity index (χ0n) is 12.9. The normalized spacial score (nSPS) is 13.8. The lowest BCUT2D eigenvalue weighted by molar-refractivity contribution is 0.684. The lowest BCUT2D eigenvalue weighted by Crippen LogP contribution is -2.01. The van der Waals surface area contributed by atoms with Crippen molar-refractivity contribution in [2.75, 3.05) is 0 Å². The van der Waals surface area contributed by atoms with Gasteiger partial charge >= 0.3 is 0 Å². The number of unbranched alkanes of at least 4 members (excludes halogenated alkanes) is 1. The lowest BCUT2D eigenvalue weighted by Gasteiger charge is -2.13. The maximum Gasteiger partial charge on any atom is 0.0811 e. The number of hydrogen-bond acceptors (Lipinski definition) is 1. The van der Waals surface area contributed by atoms with Crippen molar-refractivity contribution in [1.29, 1.82) is 0 Å². The molecular formula is C18H26OS. The molecule has 0 fully saturated rings. The fourth-order valence-electron chi connectivity index (χ4n) is 2.19. The number of aryl methyl sites for hydroxylation is 1. The summed E-state index contributed by atoms with van der Waals surface area (Å²) in [5.41, 5.74) is 2.53. The molecule has 1 nitrogen and oxygen atoms in total. The van der Waals surface area contributed by atoms with Crippen LogP contribution in [0, 0.1) is 6.92 Å². The van der Waals surface area contributed by atoms with Gasteiger partial charge in [0.2, 0.25) is 0 Å². The molecule has 1 rings (SSSR count). The van der Waals surface area contributed by atoms with E-state index in [4.69, 9.17) is 0 Å². The van der Waals surface area contributed by atoms with E-state index in [0.717, 1.165) is 29.1 Å². The van der Waals surface area contributed by atoms with E-state index in [0.29, 0.717) is 6.42 Å². The van der Waals surface area contributed by atoms with Crippen molar-refractivity contribution in [3.8, 4) is 0 Å². The van der Waals surface area contributed by atoms with Gasteiger partial charge in [0, 0.05) is 9.80 Å². The first kappa shape index (κ1) is 16.9. The van der Waals surface area contributed by atoms with Gasteiger partial charge in [0.15, 0.2) is 0 Å². The van der Waals surface area contributed by atoms with E-state index in [1.807, 2.05) is 37.3 Å². The van der Waals surface area contributed by atoms with Crippen molar-refractivity contribution in [2.45, 2.75) is 57.8 Å². The van der Waals surface area contributed by atoms with Crippen LogP contribution in [0.3, 0.4) is 0 Å². The molecule has 0 heterocycles. The molecule has 0 aromatic heterocycles. The second-order valence-corrected chi connectivity index (χ2v) is 6.56. The van der Waals surface area contributed by atoms with E-state index in [1.165, 1.54) is 17.6 Å². The van der Waals surface area contributed by atoms with Crippen LogP contribution in [0.1, 0.15) is 51.5 Å². The molecule has 0 saturated carbocycles. The monoisotopic (exact) mass is 290 g/mol. The third-order valence-electron chi connectivity index (χ3n) is 3.44. The van der Waals surface area contributed by atoms with Gasteiger partial charge in [0.25, 0.3) is 0 Å². The molecule has 1 atom stereocenters. The van der Waals surface area contributed by atoms with E-state index >= 15 is 0 Å². The Hall–Kier alpha value is -1.15. The molecule has 0 saturated heterocycles. The highest BCUT2D eigenvalue weighted by Gasteiger charge is 2.13. The third kappa shape index (κ3) is 4.75. The molecule has 20 heavy (non-hydrogen) atoms. The summed E-state index contributed by atoms with van der Waals surface area (Å²) in [6.45, 7) is 10.2. The predicted octanol–water partition coefficient (Wildman–Crippen LogP) is 5.53. The van der Waals surface area contributed by atoms with Crippen LogP contribution in [-0.4, -0.2) is 4.21 Å². The molecule has 0 radical (unpaired) electrons. The lowest BCUT2D eigenvalue weighted by atomic mass is 10.1. The molecule has 1 unspecified atom stereocenters. The van der Waals surface area contributed by atoms with Gasteiger partial charge in [0.1, 0.15) is 0 Å². The minimum Gasteiger partial charge on any atom is -0.249 e. The minimum atomic E-state index is -1.05. The van der Waals surface area contributed by atoms with Gasteiger partial charge < -0.3 is 0 Å². The van der Waals surface area contributed by atoms with Gasteiger partial charge in [-0.2, -0.15) is 0 Å². The molecule has 1 aromatic rings. The van der Waals surface area contributed by atoms with Gasteiger partial charge in [-0.1, -0.05) is 49.6 Å². The average Bonchev–Trinajstić information content (AvgIpc) is 2.47. The van der Waals surface area contributed by atoms with Crippen molar-refractivity contribution >= 4 is 10.8 Å². The van der Waals surface area contributed by atoms with E-state index < -0.39 is 10.8 Å². The smallest absolute Gasteiger partial charge is 0.0811 e. The van der Waals surface area contributed by atoms with Crippen LogP contribution in [0.2, 0.25) is 0 Å². The summed E-state index contributed by atoms with van der Waals surface area (Å²) in [7, 11) is -1.05. The highest BCUT2D eigenvalue weighted by atomic mass is 32.2. The Bertz CT molecular complexity index is 483. The summed E-state index contributed by atoms with van der Waals surface area (Å²) in [4.78, 5) is 1.95. The summed E-state index contributed by atoms with van der Waals surface area (Å²) >= 11 is 0. The first-order chi connectivity index (χ1) is 9.63. The van der Waals surface area contributed by atoms with E-state index in [-0.39, 0.29) is 0 Å². The van der Waals surface area contributed by atoms with Crippen molar-refractivity contribution in [1.82, 2.24) is 0 Å². The highest BCUT2D eigenvalue weighted by molar-refractivity contribution is 7.89. The van der Waals surface area contributed by atoms with Crippen LogP contribution in [0.15, 0.2) is 52.3 Å². The average molecular weight is 290 g/mol. The van der Waals surface area contributed by atoms with Gasteiger partial charge in [0.05, 0.1) is 10.8 Å². The predicted molar refractivity (Wildman–Crippen MR) is 89.2 cm³/mol. The molecule has 0 bridgehead atoms. The second kappa shape index (κ2) is 8.91. The Balaban J connectivity index is 3.10. The number of benzene rings is 1. The molecule has 0 spiro atoms. The first-order valence-electron chi connectivity index (χ1n) is 7.44. The number of rotatable bonds is 8. The van der Waals surface area contributed by atoms with Crippen LogP contribution in [0.5, 0.6) is 0 Å². The van der Waals surface area contributed by atoms with Crippen LogP contribution in [0.25, 0.3) is 0 Å². The maximum atomic E-state index is 12.8. The largest absolute Gasteiger partial charge is 0.249 e. The highest BCUT2D eigenvalue weighted by Crippen LogP contribution is 2.26. The molecule has 0 N–H and O–H groups in total. The van der Waals surface area contributed by atoms with Gasteiger partial charge in [-0.3, -0.25) is 0 Å². The molecule has 2 heteroatoms. The van der Waals surface area contributed by atoms with E-state index in [1.54, 1.807) is 0 Å². The molecule has 0 aliphatic rings. The van der Waals surface area contributed by atoms with E-state index in [9.17, 15) is 4.21 Å². The number of hydrogen-bond donors (Lipinski definition) is 0. The van der Waals surface area contributed by atoms with Crippen LogP contribution in [-0.2, 0) is 10.8 Å². The van der Waals surface area contributed by atoms with Crippen LogP contribution >= 0.6 is 0 Å². The fraction of sp³-hybridized carbons (Fsp3) is 0.444. The zero-order valence-corrected chi connectivity index (χ0v) is 13.8. The molecule has 110 valence electrons. The fourth-order valence-corrected chi connectivity index (χ4v) is 3.64. The van der Waals surface area contributed by atoms with Crippen LogP contribution in [0.4, 0.5) is 0 Å². The van der Waals surface area contributed by atoms with E-state index in [2.05, 4.69) is 20.4 Å². The molecule has 0 aliphatic carbocycles. The minimum absolute atomic E-state index is 0.716. The van der Waals surface area contributed by atoms with Crippen molar-refractivity contribution < 1.29 is 4.21 Å². The number of allylic oxidation sites excluding steroid dienone is 3. The standard InChI is InChI=1S/C18H26OS/c1-5-8-10-16(7-3)18(9-6-2)20(19)17-13-11-15(4)12-14-17/h6,11-14H,2,5,7-10H2,1,3-4H3/b18-16-. The van der Waals surface area contributed by atoms with Gasteiger partial charge in [-0.15, -0.1) is 6.58 Å². The summed E-state index contributed by atoms with van der Waals surface area (Å²) < 4.78 is 12.8. The van der Waals surface area contributed by atoms with Gasteiger partial charge in [-0.05, 0) is 44.7 Å². The molecule has 0 aliphatic heterocycles. The summed E-state index contributed by atoms with van der Waals surface area (Å²) in [6.07, 6.45) is 6.93. The van der Waals surface area contributed by atoms with Crippen LogP contribution < -0.4 is 0 Å². The Labute approximate surface area is 126 Å². The quantitative estimate of drug-likeness (QED) is 0.575. The Kier molecular flexibility index (Phi) is 7.53. The molecular weight excluding hydrogens is 264 g/mol. The van der Waals surface area contributed by atoms with Crippen molar-refractivity contribution in [2.24, 2.45) is 0 Å². The second-order valence-electron chi connectivity index (χ2n) is 5.06. The van der Waals surface area contributed by atoms with Crippen molar-refractivity contribution in [3.05, 3.63) is 53.0 Å². The zero-order chi connectivity index (χ0) is 15.0. The SMILES string of the molecule is C=CC/C(=C(\CC)CCCC)S(=O)c1ccc(C)cc1. The molecule has 1 aromatic carbocycles. The topological polar surface area (TPSA) is 17.1 Å². The molecule has 0 amide bonds. The van der Waals surface area contributed by atoms with Crippen molar-refractivity contribution in [3.63, 3.8) is 0 Å².